The van der Waals surface area contributed by atoms with E-state index in [9.17, 15) is 4.79 Å². The monoisotopic (exact) mass is 355 g/mol. The molecule has 0 aliphatic heterocycles. The smallest absolute Gasteiger partial charge is 0.256 e. The molecule has 0 unspecified atom stereocenters. The van der Waals surface area contributed by atoms with Crippen molar-refractivity contribution >= 4 is 37.8 Å². The summed E-state index contributed by atoms with van der Waals surface area (Å²) in [7, 11) is 0. The number of rotatable bonds is 3. The van der Waals surface area contributed by atoms with Gasteiger partial charge in [0.2, 0.25) is 0 Å². The lowest BCUT2D eigenvalue weighted by Gasteiger charge is -2.16. The van der Waals surface area contributed by atoms with Gasteiger partial charge in [0.25, 0.3) is 5.91 Å². The van der Waals surface area contributed by atoms with Gasteiger partial charge in [0.1, 0.15) is 13.1 Å². The second-order valence-corrected chi connectivity index (χ2v) is 4.87. The lowest BCUT2D eigenvalue weighted by atomic mass is 10.2. The second kappa shape index (κ2) is 6.39. The molecule has 6 heteroatoms. The SMILES string of the molecule is N#CCN(CC#N)C(=O)c1ccc(Br)cc1Br. The number of hydrogen-bond acceptors (Lipinski definition) is 3. The average Bonchev–Trinajstić information content (AvgIpc) is 2.28. The highest BCUT2D eigenvalue weighted by Crippen LogP contribution is 2.23. The zero-order chi connectivity index (χ0) is 12.8. The summed E-state index contributed by atoms with van der Waals surface area (Å²) in [6.07, 6.45) is 0. The summed E-state index contributed by atoms with van der Waals surface area (Å²) in [5, 5.41) is 17.2. The summed E-state index contributed by atoms with van der Waals surface area (Å²) < 4.78 is 1.46. The van der Waals surface area contributed by atoms with Crippen LogP contribution in [0, 0.1) is 22.7 Å². The Morgan fingerprint density at radius 1 is 1.24 bits per heavy atom. The number of amides is 1. The Bertz CT molecular complexity index is 500. The van der Waals surface area contributed by atoms with E-state index in [1.54, 1.807) is 18.2 Å². The standard InChI is InChI=1S/C11H7Br2N3O/c12-8-1-2-9(10(13)7-8)11(17)16(5-3-14)6-4-15/h1-2,7H,5-6H2. The predicted molar refractivity (Wildman–Crippen MR) is 69.0 cm³/mol. The van der Waals surface area contributed by atoms with Crippen LogP contribution in [-0.2, 0) is 0 Å². The molecule has 4 nitrogen and oxygen atoms in total. The van der Waals surface area contributed by atoms with Crippen LogP contribution in [0.15, 0.2) is 27.1 Å². The van der Waals surface area contributed by atoms with Gasteiger partial charge in [-0.2, -0.15) is 10.5 Å². The lowest BCUT2D eigenvalue weighted by molar-refractivity contribution is 0.0794. The van der Waals surface area contributed by atoms with Crippen LogP contribution in [0.2, 0.25) is 0 Å². The largest absolute Gasteiger partial charge is 0.312 e. The maximum Gasteiger partial charge on any atom is 0.256 e. The van der Waals surface area contributed by atoms with Crippen LogP contribution < -0.4 is 0 Å². The van der Waals surface area contributed by atoms with Crippen molar-refractivity contribution in [2.45, 2.75) is 0 Å². The number of halogens is 2. The van der Waals surface area contributed by atoms with Crippen LogP contribution in [0.25, 0.3) is 0 Å². The number of hydrogen-bond donors (Lipinski definition) is 0. The molecule has 0 N–H and O–H groups in total. The van der Waals surface area contributed by atoms with Crippen LogP contribution in [0.5, 0.6) is 0 Å². The summed E-state index contributed by atoms with van der Waals surface area (Å²) >= 11 is 6.56. The van der Waals surface area contributed by atoms with Gasteiger partial charge in [-0.05, 0) is 34.1 Å². The van der Waals surface area contributed by atoms with Gasteiger partial charge in [-0.25, -0.2) is 0 Å². The van der Waals surface area contributed by atoms with Crippen molar-refractivity contribution in [2.24, 2.45) is 0 Å². The van der Waals surface area contributed by atoms with Crippen LogP contribution in [0.1, 0.15) is 10.4 Å². The Balaban J connectivity index is 3.02. The normalized spacial score (nSPS) is 9.18. The van der Waals surface area contributed by atoms with Crippen molar-refractivity contribution in [3.05, 3.63) is 32.7 Å². The molecule has 0 fully saturated rings. The first kappa shape index (κ1) is 13.7. The van der Waals surface area contributed by atoms with Crippen molar-refractivity contribution in [1.29, 1.82) is 10.5 Å². The van der Waals surface area contributed by atoms with E-state index in [1.807, 2.05) is 12.1 Å². The topological polar surface area (TPSA) is 67.9 Å². The number of benzene rings is 1. The molecular weight excluding hydrogens is 350 g/mol. The number of nitrogens with zero attached hydrogens (tertiary/aromatic N) is 3. The van der Waals surface area contributed by atoms with E-state index in [-0.39, 0.29) is 19.0 Å². The van der Waals surface area contributed by atoms with Crippen molar-refractivity contribution in [3.8, 4) is 12.1 Å². The summed E-state index contributed by atoms with van der Waals surface area (Å²) in [6.45, 7) is -0.205. The minimum atomic E-state index is -0.340. The predicted octanol–water partition coefficient (Wildman–Crippen LogP) is 2.70. The molecule has 0 radical (unpaired) electrons. The molecule has 0 aliphatic carbocycles. The van der Waals surface area contributed by atoms with Crippen LogP contribution in [0.4, 0.5) is 0 Å². The fourth-order valence-electron chi connectivity index (χ4n) is 1.20. The number of carbonyl (C=O) groups excluding carboxylic acids is 1. The third kappa shape index (κ3) is 3.55. The molecule has 0 atom stereocenters. The summed E-state index contributed by atoms with van der Waals surface area (Å²) in [4.78, 5) is 13.2. The van der Waals surface area contributed by atoms with Gasteiger partial charge >= 0.3 is 0 Å². The summed E-state index contributed by atoms with van der Waals surface area (Å²) in [6, 6.07) is 8.84. The molecule has 0 spiro atoms. The minimum Gasteiger partial charge on any atom is -0.312 e. The van der Waals surface area contributed by atoms with Gasteiger partial charge in [0, 0.05) is 8.95 Å². The molecule has 0 heterocycles. The molecule has 0 aliphatic rings. The van der Waals surface area contributed by atoms with Crippen molar-refractivity contribution in [3.63, 3.8) is 0 Å². The average molecular weight is 357 g/mol. The molecule has 1 aromatic rings. The van der Waals surface area contributed by atoms with Gasteiger partial charge in [-0.1, -0.05) is 15.9 Å². The third-order valence-electron chi connectivity index (χ3n) is 1.97. The van der Waals surface area contributed by atoms with Gasteiger partial charge in [0.05, 0.1) is 17.7 Å². The highest BCUT2D eigenvalue weighted by Gasteiger charge is 2.17. The fraction of sp³-hybridized carbons (Fsp3) is 0.182. The summed E-state index contributed by atoms with van der Waals surface area (Å²) in [5.41, 5.74) is 0.429. The third-order valence-corrected chi connectivity index (χ3v) is 3.12. The van der Waals surface area contributed by atoms with Gasteiger partial charge in [0.15, 0.2) is 0 Å². The van der Waals surface area contributed by atoms with Crippen LogP contribution >= 0.6 is 31.9 Å². The van der Waals surface area contributed by atoms with E-state index in [1.165, 1.54) is 4.90 Å². The quantitative estimate of drug-likeness (QED) is 0.782. The molecule has 86 valence electrons. The first-order chi connectivity index (χ1) is 8.10. The van der Waals surface area contributed by atoms with Crippen LogP contribution in [-0.4, -0.2) is 23.9 Å². The maximum atomic E-state index is 12.0. The molecule has 1 amide bonds. The molecule has 0 saturated carbocycles. The van der Waals surface area contributed by atoms with E-state index >= 15 is 0 Å². The molecule has 0 saturated heterocycles. The minimum absolute atomic E-state index is 0.102. The Kier molecular flexibility index (Phi) is 5.14. The van der Waals surface area contributed by atoms with Crippen molar-refractivity contribution < 1.29 is 4.79 Å². The van der Waals surface area contributed by atoms with Crippen LogP contribution in [0.3, 0.4) is 0 Å². The molecular formula is C11H7Br2N3O. The van der Waals surface area contributed by atoms with Gasteiger partial charge in [-0.15, -0.1) is 0 Å². The molecule has 0 aromatic heterocycles. The van der Waals surface area contributed by atoms with Crippen molar-refractivity contribution in [2.75, 3.05) is 13.1 Å². The van der Waals surface area contributed by atoms with Gasteiger partial charge < -0.3 is 4.90 Å². The first-order valence-electron chi connectivity index (χ1n) is 4.58. The number of nitriles is 2. The van der Waals surface area contributed by atoms with E-state index in [0.717, 1.165) is 4.47 Å². The molecule has 17 heavy (non-hydrogen) atoms. The second-order valence-electron chi connectivity index (χ2n) is 3.10. The maximum absolute atomic E-state index is 12.0. The molecule has 1 rings (SSSR count). The highest BCUT2D eigenvalue weighted by atomic mass is 79.9. The Hall–Kier alpha value is -1.37. The highest BCUT2D eigenvalue weighted by molar-refractivity contribution is 9.11. The van der Waals surface area contributed by atoms with E-state index in [4.69, 9.17) is 10.5 Å². The Morgan fingerprint density at radius 2 is 1.82 bits per heavy atom. The number of carbonyl (C=O) groups is 1. The van der Waals surface area contributed by atoms with Gasteiger partial charge in [-0.3, -0.25) is 4.79 Å². The fourth-order valence-corrected chi connectivity index (χ4v) is 2.42. The molecule has 0 bridgehead atoms. The Labute approximate surface area is 116 Å². The summed E-state index contributed by atoms with van der Waals surface area (Å²) in [5.74, 6) is -0.340. The lowest BCUT2D eigenvalue weighted by Crippen LogP contribution is -2.32. The molecule has 1 aromatic carbocycles. The first-order valence-corrected chi connectivity index (χ1v) is 6.17. The zero-order valence-corrected chi connectivity index (χ0v) is 11.8. The Morgan fingerprint density at radius 3 is 2.29 bits per heavy atom. The van der Waals surface area contributed by atoms with E-state index in [2.05, 4.69) is 31.9 Å². The van der Waals surface area contributed by atoms with E-state index < -0.39 is 0 Å². The van der Waals surface area contributed by atoms with Crippen molar-refractivity contribution in [1.82, 2.24) is 4.90 Å². The zero-order valence-electron chi connectivity index (χ0n) is 8.65. The van der Waals surface area contributed by atoms with E-state index in [0.29, 0.717) is 10.0 Å².